The summed E-state index contributed by atoms with van der Waals surface area (Å²) >= 11 is 0. The molecule has 0 aromatic rings. The fourth-order valence-corrected chi connectivity index (χ4v) is 2.94. The Labute approximate surface area is 84.1 Å². The molecule has 3 heteroatoms. The van der Waals surface area contributed by atoms with Gasteiger partial charge in [-0.1, -0.05) is 6.58 Å². The maximum atomic E-state index is 11.1. The normalized spacial score (nSPS) is 39.5. The molecule has 0 aromatic heterocycles. The average molecular weight is 196 g/mol. The van der Waals surface area contributed by atoms with Gasteiger partial charge in [0.2, 0.25) is 0 Å². The van der Waals surface area contributed by atoms with E-state index in [4.69, 9.17) is 4.74 Å². The van der Waals surface area contributed by atoms with Crippen molar-refractivity contribution in [2.45, 2.75) is 31.3 Å². The van der Waals surface area contributed by atoms with Crippen molar-refractivity contribution in [3.8, 4) is 0 Å². The largest absolute Gasteiger partial charge is 0.508 e. The van der Waals surface area contributed by atoms with Gasteiger partial charge in [0.05, 0.1) is 7.11 Å². The monoisotopic (exact) mass is 196 g/mol. The molecule has 78 valence electrons. The zero-order chi connectivity index (χ0) is 10.2. The van der Waals surface area contributed by atoms with Crippen LogP contribution >= 0.6 is 0 Å². The van der Waals surface area contributed by atoms with Crippen molar-refractivity contribution in [2.75, 3.05) is 7.11 Å². The van der Waals surface area contributed by atoms with Crippen molar-refractivity contribution in [3.63, 3.8) is 0 Å². The van der Waals surface area contributed by atoms with Crippen LogP contribution in [0.1, 0.15) is 25.7 Å². The van der Waals surface area contributed by atoms with Gasteiger partial charge in [0.25, 0.3) is 0 Å². The zero-order valence-corrected chi connectivity index (χ0v) is 8.49. The molecule has 0 saturated heterocycles. The van der Waals surface area contributed by atoms with Gasteiger partial charge in [0.1, 0.15) is 5.60 Å². The van der Waals surface area contributed by atoms with E-state index in [-0.39, 0.29) is 0 Å². The molecular weight excluding hydrogens is 180 g/mol. The quantitative estimate of drug-likeness (QED) is 0.503. The van der Waals surface area contributed by atoms with E-state index in [1.165, 1.54) is 20.0 Å². The van der Waals surface area contributed by atoms with Crippen LogP contribution in [0.5, 0.6) is 0 Å². The fraction of sp³-hybridized carbons (Fsp3) is 0.727. The molecule has 2 aliphatic rings. The van der Waals surface area contributed by atoms with Gasteiger partial charge in [-0.05, 0) is 37.7 Å². The summed E-state index contributed by atoms with van der Waals surface area (Å²) < 4.78 is 9.89. The van der Waals surface area contributed by atoms with Gasteiger partial charge in [-0.25, -0.2) is 4.79 Å². The molecule has 3 atom stereocenters. The number of hydrogen-bond acceptors (Lipinski definition) is 3. The highest BCUT2D eigenvalue weighted by atomic mass is 16.7. The molecule has 2 aliphatic carbocycles. The number of carbonyl (C=O) groups excluding carboxylic acids is 1. The average Bonchev–Trinajstić information content (AvgIpc) is 2.77. The summed E-state index contributed by atoms with van der Waals surface area (Å²) in [7, 11) is 1.34. The van der Waals surface area contributed by atoms with E-state index in [0.717, 1.165) is 12.8 Å². The van der Waals surface area contributed by atoms with E-state index in [9.17, 15) is 4.79 Å². The van der Waals surface area contributed by atoms with E-state index in [2.05, 4.69) is 11.3 Å². The van der Waals surface area contributed by atoms with Gasteiger partial charge >= 0.3 is 6.16 Å². The Morgan fingerprint density at radius 3 is 2.79 bits per heavy atom. The molecular formula is C11H16O3. The SMILES string of the molecule is C=CC1(OC(=O)OC)CC2CCC1C2. The molecule has 3 unspecified atom stereocenters. The molecule has 0 heterocycles. The van der Waals surface area contributed by atoms with Crippen molar-refractivity contribution in [3.05, 3.63) is 12.7 Å². The minimum Gasteiger partial charge on any atom is -0.438 e. The first-order chi connectivity index (χ1) is 6.70. The molecule has 0 aromatic carbocycles. The van der Waals surface area contributed by atoms with Gasteiger partial charge in [-0.15, -0.1) is 0 Å². The minimum atomic E-state index is -0.586. The zero-order valence-electron chi connectivity index (χ0n) is 8.49. The summed E-state index contributed by atoms with van der Waals surface area (Å²) in [5, 5.41) is 0. The predicted molar refractivity (Wildman–Crippen MR) is 51.9 cm³/mol. The molecule has 2 saturated carbocycles. The van der Waals surface area contributed by atoms with E-state index in [0.29, 0.717) is 11.8 Å². The van der Waals surface area contributed by atoms with Gasteiger partial charge < -0.3 is 9.47 Å². The highest BCUT2D eigenvalue weighted by molar-refractivity contribution is 5.61. The Morgan fingerprint density at radius 1 is 1.57 bits per heavy atom. The van der Waals surface area contributed by atoms with Gasteiger partial charge in [0, 0.05) is 5.92 Å². The second-order valence-corrected chi connectivity index (χ2v) is 4.30. The van der Waals surface area contributed by atoms with Gasteiger partial charge in [-0.3, -0.25) is 0 Å². The van der Waals surface area contributed by atoms with Crippen LogP contribution in [0.3, 0.4) is 0 Å². The predicted octanol–water partition coefficient (Wildman–Crippen LogP) is 2.51. The van der Waals surface area contributed by atoms with Crippen LogP contribution in [-0.4, -0.2) is 18.9 Å². The summed E-state index contributed by atoms with van der Waals surface area (Å²) in [6, 6.07) is 0. The summed E-state index contributed by atoms with van der Waals surface area (Å²) in [5.41, 5.74) is -0.435. The molecule has 2 bridgehead atoms. The first kappa shape index (κ1) is 9.56. The number of carbonyl (C=O) groups is 1. The third-order valence-electron chi connectivity index (χ3n) is 3.63. The second kappa shape index (κ2) is 3.30. The van der Waals surface area contributed by atoms with E-state index >= 15 is 0 Å². The highest BCUT2D eigenvalue weighted by Gasteiger charge is 2.52. The van der Waals surface area contributed by atoms with Gasteiger partial charge in [-0.2, -0.15) is 0 Å². The maximum Gasteiger partial charge on any atom is 0.508 e. The molecule has 0 aliphatic heterocycles. The van der Waals surface area contributed by atoms with E-state index in [1.54, 1.807) is 6.08 Å². The van der Waals surface area contributed by atoms with Crippen LogP contribution < -0.4 is 0 Å². The highest BCUT2D eigenvalue weighted by Crippen LogP contribution is 2.53. The van der Waals surface area contributed by atoms with Crippen LogP contribution in [-0.2, 0) is 9.47 Å². The lowest BCUT2D eigenvalue weighted by molar-refractivity contribution is -0.0291. The summed E-state index contributed by atoms with van der Waals surface area (Å²) in [6.07, 6.45) is 5.71. The smallest absolute Gasteiger partial charge is 0.438 e. The van der Waals surface area contributed by atoms with Gasteiger partial charge in [0.15, 0.2) is 0 Å². The number of hydrogen-bond donors (Lipinski definition) is 0. The van der Waals surface area contributed by atoms with Crippen molar-refractivity contribution in [1.29, 1.82) is 0 Å². The Kier molecular flexibility index (Phi) is 2.25. The van der Waals surface area contributed by atoms with Crippen molar-refractivity contribution >= 4 is 6.16 Å². The number of methoxy groups -OCH3 is 1. The first-order valence-corrected chi connectivity index (χ1v) is 5.11. The second-order valence-electron chi connectivity index (χ2n) is 4.30. The maximum absolute atomic E-state index is 11.1. The molecule has 14 heavy (non-hydrogen) atoms. The summed E-state index contributed by atoms with van der Waals surface area (Å²) in [6.45, 7) is 3.79. The Bertz CT molecular complexity index is 261. The molecule has 0 radical (unpaired) electrons. The minimum absolute atomic E-state index is 0.435. The Hall–Kier alpha value is -0.990. The Morgan fingerprint density at radius 2 is 2.36 bits per heavy atom. The first-order valence-electron chi connectivity index (χ1n) is 5.11. The third-order valence-corrected chi connectivity index (χ3v) is 3.63. The van der Waals surface area contributed by atoms with Crippen molar-refractivity contribution < 1.29 is 14.3 Å². The summed E-state index contributed by atoms with van der Waals surface area (Å²) in [5.74, 6) is 1.17. The lowest BCUT2D eigenvalue weighted by Gasteiger charge is -2.33. The van der Waals surface area contributed by atoms with E-state index < -0.39 is 11.8 Å². The van der Waals surface area contributed by atoms with Crippen molar-refractivity contribution in [2.24, 2.45) is 11.8 Å². The van der Waals surface area contributed by atoms with Crippen molar-refractivity contribution in [1.82, 2.24) is 0 Å². The third kappa shape index (κ3) is 1.31. The van der Waals surface area contributed by atoms with Crippen LogP contribution in [0.25, 0.3) is 0 Å². The number of ether oxygens (including phenoxy) is 2. The topological polar surface area (TPSA) is 35.5 Å². The molecule has 2 rings (SSSR count). The number of rotatable bonds is 2. The fourth-order valence-electron chi connectivity index (χ4n) is 2.94. The molecule has 0 spiro atoms. The molecule has 0 N–H and O–H groups in total. The molecule has 3 nitrogen and oxygen atoms in total. The number of fused-ring (bicyclic) bond motifs is 2. The van der Waals surface area contributed by atoms with Crippen LogP contribution in [0.4, 0.5) is 4.79 Å². The molecule has 2 fully saturated rings. The lowest BCUT2D eigenvalue weighted by Crippen LogP contribution is -2.38. The van der Waals surface area contributed by atoms with Crippen LogP contribution in [0.2, 0.25) is 0 Å². The summed E-state index contributed by atoms with van der Waals surface area (Å²) in [4.78, 5) is 11.1. The Balaban J connectivity index is 2.11. The molecule has 0 amide bonds. The van der Waals surface area contributed by atoms with Crippen LogP contribution in [0.15, 0.2) is 12.7 Å². The van der Waals surface area contributed by atoms with Crippen LogP contribution in [0, 0.1) is 11.8 Å². The lowest BCUT2D eigenvalue weighted by atomic mass is 9.84. The standard InChI is InChI=1S/C11H16O3/c1-3-11(14-10(12)13-2)7-8-4-5-9(11)6-8/h3,8-9H,1,4-7H2,2H3. The van der Waals surface area contributed by atoms with E-state index in [1.807, 2.05) is 0 Å².